The normalized spacial score (nSPS) is 10.6. The van der Waals surface area contributed by atoms with Gasteiger partial charge in [-0.25, -0.2) is 9.97 Å². The highest BCUT2D eigenvalue weighted by Gasteiger charge is 2.10. The first-order valence-corrected chi connectivity index (χ1v) is 8.95. The summed E-state index contributed by atoms with van der Waals surface area (Å²) in [7, 11) is 2.01. The first-order chi connectivity index (χ1) is 12.5. The van der Waals surface area contributed by atoms with Crippen LogP contribution < -0.4 is 10.2 Å². The van der Waals surface area contributed by atoms with E-state index in [1.54, 1.807) is 18.5 Å². The highest BCUT2D eigenvalue weighted by molar-refractivity contribution is 6.43. The third-order valence-corrected chi connectivity index (χ3v) is 4.73. The van der Waals surface area contributed by atoms with Crippen molar-refractivity contribution in [1.82, 2.24) is 15.0 Å². The Labute approximate surface area is 163 Å². The fourth-order valence-electron chi connectivity index (χ4n) is 2.51. The molecule has 0 aliphatic heterocycles. The van der Waals surface area contributed by atoms with Gasteiger partial charge in [0, 0.05) is 32.1 Å². The molecule has 0 fully saturated rings. The van der Waals surface area contributed by atoms with Crippen LogP contribution in [0.15, 0.2) is 48.8 Å². The van der Waals surface area contributed by atoms with Crippen molar-refractivity contribution >= 4 is 40.5 Å². The van der Waals surface area contributed by atoms with E-state index in [1.807, 2.05) is 44.3 Å². The first-order valence-electron chi connectivity index (χ1n) is 8.19. The van der Waals surface area contributed by atoms with E-state index in [0.717, 1.165) is 18.8 Å². The molecule has 2 aromatic heterocycles. The van der Waals surface area contributed by atoms with Crippen LogP contribution in [0.3, 0.4) is 0 Å². The van der Waals surface area contributed by atoms with Crippen LogP contribution in [-0.2, 0) is 6.42 Å². The monoisotopic (exact) mass is 387 g/mol. The fraction of sp³-hybridized carbons (Fsp3) is 0.211. The van der Waals surface area contributed by atoms with Crippen LogP contribution in [0.1, 0.15) is 11.4 Å². The minimum atomic E-state index is 0.470. The lowest BCUT2D eigenvalue weighted by Gasteiger charge is -2.19. The van der Waals surface area contributed by atoms with Crippen molar-refractivity contribution in [3.8, 4) is 0 Å². The van der Waals surface area contributed by atoms with Crippen molar-refractivity contribution in [2.45, 2.75) is 13.3 Å². The Hall–Kier alpha value is -2.37. The van der Waals surface area contributed by atoms with Gasteiger partial charge < -0.3 is 10.2 Å². The highest BCUT2D eigenvalue weighted by atomic mass is 35.5. The van der Waals surface area contributed by atoms with Gasteiger partial charge in [0.25, 0.3) is 0 Å². The molecular formula is C19H19Cl2N5. The minimum absolute atomic E-state index is 0.470. The molecule has 0 amide bonds. The lowest BCUT2D eigenvalue weighted by atomic mass is 10.2. The quantitative estimate of drug-likeness (QED) is 0.650. The van der Waals surface area contributed by atoms with Crippen LogP contribution in [0.2, 0.25) is 10.0 Å². The van der Waals surface area contributed by atoms with Gasteiger partial charge in [-0.05, 0) is 43.2 Å². The molecule has 3 rings (SSSR count). The van der Waals surface area contributed by atoms with Gasteiger partial charge in [0.05, 0.1) is 15.7 Å². The van der Waals surface area contributed by atoms with Gasteiger partial charge in [-0.1, -0.05) is 29.3 Å². The zero-order valence-corrected chi connectivity index (χ0v) is 16.1. The number of halogens is 2. The molecule has 26 heavy (non-hydrogen) atoms. The van der Waals surface area contributed by atoms with Crippen molar-refractivity contribution in [1.29, 1.82) is 0 Å². The highest BCUT2D eigenvalue weighted by Crippen LogP contribution is 2.31. The Balaban J connectivity index is 1.75. The number of aryl methyl sites for hydroxylation is 1. The maximum absolute atomic E-state index is 6.25. The molecule has 0 aliphatic rings. The van der Waals surface area contributed by atoms with Crippen LogP contribution in [0, 0.1) is 6.92 Å². The van der Waals surface area contributed by atoms with Gasteiger partial charge >= 0.3 is 0 Å². The number of nitrogens with zero attached hydrogens (tertiary/aromatic N) is 4. The number of aromatic nitrogens is 3. The summed E-state index contributed by atoms with van der Waals surface area (Å²) in [6.45, 7) is 2.70. The molecule has 0 saturated carbocycles. The second-order valence-electron chi connectivity index (χ2n) is 5.91. The average Bonchev–Trinajstić information content (AvgIpc) is 2.64. The molecule has 5 nitrogen and oxygen atoms in total. The number of hydrogen-bond donors (Lipinski definition) is 1. The summed E-state index contributed by atoms with van der Waals surface area (Å²) >= 11 is 12.3. The zero-order chi connectivity index (χ0) is 18.5. The Bertz CT molecular complexity index is 886. The van der Waals surface area contributed by atoms with Gasteiger partial charge in [-0.15, -0.1) is 0 Å². The maximum atomic E-state index is 6.25. The van der Waals surface area contributed by atoms with E-state index in [9.17, 15) is 0 Å². The summed E-state index contributed by atoms with van der Waals surface area (Å²) in [6, 6.07) is 11.4. The van der Waals surface area contributed by atoms with E-state index in [-0.39, 0.29) is 0 Å². The number of benzene rings is 1. The van der Waals surface area contributed by atoms with Crippen molar-refractivity contribution in [3.63, 3.8) is 0 Å². The number of anilines is 3. The van der Waals surface area contributed by atoms with Crippen LogP contribution in [-0.4, -0.2) is 28.5 Å². The predicted octanol–water partition coefficient (Wildman–Crippen LogP) is 4.91. The summed E-state index contributed by atoms with van der Waals surface area (Å²) in [5.74, 6) is 2.19. The summed E-state index contributed by atoms with van der Waals surface area (Å²) in [5, 5.41) is 4.19. The molecule has 0 bridgehead atoms. The van der Waals surface area contributed by atoms with Crippen LogP contribution in [0.4, 0.5) is 17.3 Å². The van der Waals surface area contributed by atoms with E-state index < -0.39 is 0 Å². The number of nitrogens with one attached hydrogen (secondary N) is 1. The topological polar surface area (TPSA) is 53.9 Å². The third-order valence-electron chi connectivity index (χ3n) is 3.92. The number of pyridine rings is 1. The Morgan fingerprint density at radius 1 is 1.08 bits per heavy atom. The molecule has 0 unspecified atom stereocenters. The van der Waals surface area contributed by atoms with Gasteiger partial charge in [-0.3, -0.25) is 4.98 Å². The van der Waals surface area contributed by atoms with Gasteiger partial charge in [0.15, 0.2) is 0 Å². The van der Waals surface area contributed by atoms with Crippen molar-refractivity contribution in [3.05, 3.63) is 70.2 Å². The molecule has 0 radical (unpaired) electrons. The van der Waals surface area contributed by atoms with Crippen molar-refractivity contribution in [2.75, 3.05) is 23.8 Å². The fourth-order valence-corrected chi connectivity index (χ4v) is 2.86. The van der Waals surface area contributed by atoms with Crippen molar-refractivity contribution in [2.24, 2.45) is 0 Å². The predicted molar refractivity (Wildman–Crippen MR) is 108 cm³/mol. The second kappa shape index (κ2) is 8.34. The maximum Gasteiger partial charge on any atom is 0.136 e. The molecule has 0 spiro atoms. The lowest BCUT2D eigenvalue weighted by molar-refractivity contribution is 0.848. The molecule has 0 saturated heterocycles. The zero-order valence-electron chi connectivity index (χ0n) is 14.6. The van der Waals surface area contributed by atoms with E-state index in [1.165, 1.54) is 5.56 Å². The lowest BCUT2D eigenvalue weighted by Crippen LogP contribution is -2.22. The van der Waals surface area contributed by atoms with E-state index in [0.29, 0.717) is 27.4 Å². The molecule has 7 heteroatoms. The van der Waals surface area contributed by atoms with E-state index in [2.05, 4.69) is 25.2 Å². The summed E-state index contributed by atoms with van der Waals surface area (Å²) in [5.41, 5.74) is 1.95. The summed E-state index contributed by atoms with van der Waals surface area (Å²) in [6.07, 6.45) is 4.52. The summed E-state index contributed by atoms with van der Waals surface area (Å²) < 4.78 is 0. The second-order valence-corrected chi connectivity index (χ2v) is 6.70. The molecule has 0 atom stereocenters. The molecule has 1 aromatic carbocycles. The average molecular weight is 388 g/mol. The Kier molecular flexibility index (Phi) is 5.91. The van der Waals surface area contributed by atoms with Crippen LogP contribution >= 0.6 is 23.2 Å². The molecule has 0 aliphatic carbocycles. The number of hydrogen-bond acceptors (Lipinski definition) is 5. The smallest absolute Gasteiger partial charge is 0.136 e. The van der Waals surface area contributed by atoms with Crippen LogP contribution in [0.25, 0.3) is 0 Å². The van der Waals surface area contributed by atoms with E-state index >= 15 is 0 Å². The van der Waals surface area contributed by atoms with Gasteiger partial charge in [0.1, 0.15) is 17.5 Å². The minimum Gasteiger partial charge on any atom is -0.359 e. The van der Waals surface area contributed by atoms with Crippen molar-refractivity contribution < 1.29 is 0 Å². The number of likely N-dealkylation sites (N-methyl/N-ethyl adjacent to an activating group) is 1. The molecule has 134 valence electrons. The molecule has 2 heterocycles. The largest absolute Gasteiger partial charge is 0.359 e. The summed E-state index contributed by atoms with van der Waals surface area (Å²) in [4.78, 5) is 15.1. The molecule has 1 N–H and O–H groups in total. The third kappa shape index (κ3) is 4.62. The standard InChI is InChI=1S/C19H19Cl2N5/c1-13-23-17(25-16-5-3-4-15(20)19(16)21)12-18(24-13)26(2)11-8-14-6-9-22-10-7-14/h3-7,9-10,12H,8,11H2,1-2H3,(H,23,24,25). The Morgan fingerprint density at radius 3 is 2.62 bits per heavy atom. The van der Waals surface area contributed by atoms with Gasteiger partial charge in [0.2, 0.25) is 0 Å². The van der Waals surface area contributed by atoms with E-state index in [4.69, 9.17) is 23.2 Å². The van der Waals surface area contributed by atoms with Crippen LogP contribution in [0.5, 0.6) is 0 Å². The number of rotatable bonds is 6. The van der Waals surface area contributed by atoms with Gasteiger partial charge in [-0.2, -0.15) is 0 Å². The first kappa shape index (κ1) is 18.4. The Morgan fingerprint density at radius 2 is 1.85 bits per heavy atom. The molecular weight excluding hydrogens is 369 g/mol. The molecule has 3 aromatic rings. The SMILES string of the molecule is Cc1nc(Nc2cccc(Cl)c2Cl)cc(N(C)CCc2ccncc2)n1.